The first-order chi connectivity index (χ1) is 13.2. The standard InChI is InChI=1S/C18H20N2O6S2/c1-12(21)19-10-9-13-7-8-17(27-13)16(22)11-26-18(23)14-5-3-4-6-15(14)20-28(2,24)25/h3-8,20H,9-11H2,1-2H3,(H,19,21). The second-order valence-electron chi connectivity index (χ2n) is 5.92. The Morgan fingerprint density at radius 1 is 1.11 bits per heavy atom. The van der Waals surface area contributed by atoms with Crippen LogP contribution in [0.15, 0.2) is 36.4 Å². The molecule has 0 fully saturated rings. The third kappa shape index (κ3) is 6.78. The van der Waals surface area contributed by atoms with Crippen molar-refractivity contribution < 1.29 is 27.5 Å². The summed E-state index contributed by atoms with van der Waals surface area (Å²) < 4.78 is 30.1. The molecule has 8 nitrogen and oxygen atoms in total. The van der Waals surface area contributed by atoms with Gasteiger partial charge in [0.2, 0.25) is 21.7 Å². The van der Waals surface area contributed by atoms with Crippen molar-refractivity contribution >= 4 is 44.7 Å². The van der Waals surface area contributed by atoms with Gasteiger partial charge in [-0.2, -0.15) is 0 Å². The molecule has 1 amide bonds. The summed E-state index contributed by atoms with van der Waals surface area (Å²) in [7, 11) is -3.57. The van der Waals surface area contributed by atoms with Gasteiger partial charge in [0, 0.05) is 18.3 Å². The smallest absolute Gasteiger partial charge is 0.340 e. The first kappa shape index (κ1) is 21.6. The number of hydrogen-bond donors (Lipinski definition) is 2. The Balaban J connectivity index is 1.95. The van der Waals surface area contributed by atoms with Crippen LogP contribution in [-0.2, 0) is 26.0 Å². The van der Waals surface area contributed by atoms with Crippen LogP contribution in [0.4, 0.5) is 5.69 Å². The first-order valence-corrected chi connectivity index (χ1v) is 11.0. The summed E-state index contributed by atoms with van der Waals surface area (Å²) in [4.78, 5) is 36.7. The van der Waals surface area contributed by atoms with Gasteiger partial charge >= 0.3 is 5.97 Å². The number of nitrogens with one attached hydrogen (secondary N) is 2. The van der Waals surface area contributed by atoms with E-state index in [2.05, 4.69) is 10.0 Å². The fraction of sp³-hybridized carbons (Fsp3) is 0.278. The number of esters is 1. The molecule has 1 aromatic carbocycles. The number of anilines is 1. The van der Waals surface area contributed by atoms with E-state index in [0.29, 0.717) is 17.8 Å². The van der Waals surface area contributed by atoms with Gasteiger partial charge in [0.05, 0.1) is 22.4 Å². The highest BCUT2D eigenvalue weighted by molar-refractivity contribution is 7.92. The molecule has 2 rings (SSSR count). The van der Waals surface area contributed by atoms with E-state index >= 15 is 0 Å². The predicted molar refractivity (Wildman–Crippen MR) is 106 cm³/mol. The highest BCUT2D eigenvalue weighted by Gasteiger charge is 2.17. The number of amides is 1. The Kier molecular flexibility index (Phi) is 7.30. The molecule has 0 atom stereocenters. The van der Waals surface area contributed by atoms with Crippen LogP contribution < -0.4 is 10.0 Å². The van der Waals surface area contributed by atoms with Crippen LogP contribution in [0.1, 0.15) is 31.8 Å². The van der Waals surface area contributed by atoms with E-state index in [1.807, 2.05) is 0 Å². The van der Waals surface area contributed by atoms with Crippen LogP contribution in [0, 0.1) is 0 Å². The number of para-hydroxylation sites is 1. The number of ether oxygens (including phenoxy) is 1. The maximum Gasteiger partial charge on any atom is 0.340 e. The Bertz CT molecular complexity index is 981. The lowest BCUT2D eigenvalue weighted by atomic mass is 10.2. The van der Waals surface area contributed by atoms with Crippen LogP contribution in [-0.4, -0.2) is 45.5 Å². The lowest BCUT2D eigenvalue weighted by Crippen LogP contribution is -2.22. The topological polar surface area (TPSA) is 119 Å². The molecule has 10 heteroatoms. The summed E-state index contributed by atoms with van der Waals surface area (Å²) in [6.45, 7) is 1.45. The molecule has 28 heavy (non-hydrogen) atoms. The number of hydrogen-bond acceptors (Lipinski definition) is 7. The Morgan fingerprint density at radius 2 is 1.82 bits per heavy atom. The molecule has 0 radical (unpaired) electrons. The molecule has 0 unspecified atom stereocenters. The maximum absolute atomic E-state index is 12.3. The van der Waals surface area contributed by atoms with Crippen molar-refractivity contribution in [1.82, 2.24) is 5.32 Å². The van der Waals surface area contributed by atoms with Crippen molar-refractivity contribution in [3.05, 3.63) is 51.7 Å². The molecule has 0 bridgehead atoms. The average molecular weight is 425 g/mol. The monoisotopic (exact) mass is 424 g/mol. The Hall–Kier alpha value is -2.72. The van der Waals surface area contributed by atoms with Crippen molar-refractivity contribution in [3.8, 4) is 0 Å². The van der Waals surface area contributed by atoms with Crippen molar-refractivity contribution in [2.75, 3.05) is 24.1 Å². The summed E-state index contributed by atoms with van der Waals surface area (Å²) in [5.74, 6) is -1.29. The van der Waals surface area contributed by atoms with Crippen molar-refractivity contribution in [2.24, 2.45) is 0 Å². The minimum Gasteiger partial charge on any atom is -0.454 e. The highest BCUT2D eigenvalue weighted by atomic mass is 32.2. The van der Waals surface area contributed by atoms with E-state index in [0.717, 1.165) is 11.1 Å². The van der Waals surface area contributed by atoms with Gasteiger partial charge in [0.15, 0.2) is 6.61 Å². The lowest BCUT2D eigenvalue weighted by Gasteiger charge is -2.10. The molecule has 0 aliphatic heterocycles. The van der Waals surface area contributed by atoms with E-state index in [1.165, 1.54) is 30.4 Å². The predicted octanol–water partition coefficient (Wildman–Crippen LogP) is 1.84. The number of carbonyl (C=O) groups is 3. The fourth-order valence-corrected chi connectivity index (χ4v) is 3.76. The number of carbonyl (C=O) groups excluding carboxylic acids is 3. The molecular weight excluding hydrogens is 404 g/mol. The van der Waals surface area contributed by atoms with E-state index in [9.17, 15) is 22.8 Å². The van der Waals surface area contributed by atoms with Gasteiger partial charge in [-0.15, -0.1) is 11.3 Å². The molecule has 2 N–H and O–H groups in total. The molecule has 150 valence electrons. The zero-order valence-electron chi connectivity index (χ0n) is 15.4. The van der Waals surface area contributed by atoms with Crippen LogP contribution in [0.2, 0.25) is 0 Å². The molecule has 1 heterocycles. The van der Waals surface area contributed by atoms with Crippen molar-refractivity contribution in [2.45, 2.75) is 13.3 Å². The Morgan fingerprint density at radius 3 is 2.50 bits per heavy atom. The minimum absolute atomic E-state index is 0.0166. The largest absolute Gasteiger partial charge is 0.454 e. The number of thiophene rings is 1. The third-order valence-electron chi connectivity index (χ3n) is 3.46. The van der Waals surface area contributed by atoms with Crippen molar-refractivity contribution in [3.63, 3.8) is 0 Å². The van der Waals surface area contributed by atoms with Crippen LogP contribution >= 0.6 is 11.3 Å². The molecule has 0 aliphatic carbocycles. The average Bonchev–Trinajstić information content (AvgIpc) is 3.07. The molecule has 0 saturated heterocycles. The highest BCUT2D eigenvalue weighted by Crippen LogP contribution is 2.19. The van der Waals surface area contributed by atoms with Gasteiger partial charge in [-0.05, 0) is 30.7 Å². The molecule has 0 aliphatic rings. The SMILES string of the molecule is CC(=O)NCCc1ccc(C(=O)COC(=O)c2ccccc2NS(C)(=O)=O)s1. The number of Topliss-reactive ketones (excluding diaryl/α,β-unsaturated/α-hetero) is 1. The Labute approximate surface area is 167 Å². The lowest BCUT2D eigenvalue weighted by molar-refractivity contribution is -0.118. The summed E-state index contributed by atoms with van der Waals surface area (Å²) in [5.41, 5.74) is 0.0988. The zero-order valence-corrected chi connectivity index (χ0v) is 17.0. The van der Waals surface area contributed by atoms with E-state index in [4.69, 9.17) is 4.74 Å². The van der Waals surface area contributed by atoms with E-state index < -0.39 is 22.6 Å². The quantitative estimate of drug-likeness (QED) is 0.468. The van der Waals surface area contributed by atoms with E-state index in [1.54, 1.807) is 24.3 Å². The van der Waals surface area contributed by atoms with Gasteiger partial charge in [-0.1, -0.05) is 12.1 Å². The zero-order chi connectivity index (χ0) is 20.7. The minimum atomic E-state index is -3.57. The third-order valence-corrected chi connectivity index (χ3v) is 5.24. The molecule has 1 aromatic heterocycles. The second kappa shape index (κ2) is 9.47. The van der Waals surface area contributed by atoms with E-state index in [-0.39, 0.29) is 22.9 Å². The molecule has 2 aromatic rings. The fourth-order valence-electron chi connectivity index (χ4n) is 2.25. The van der Waals surface area contributed by atoms with Gasteiger partial charge < -0.3 is 10.1 Å². The number of rotatable bonds is 9. The van der Waals surface area contributed by atoms with Crippen LogP contribution in [0.25, 0.3) is 0 Å². The van der Waals surface area contributed by atoms with Gasteiger partial charge in [0.25, 0.3) is 0 Å². The van der Waals surface area contributed by atoms with Gasteiger partial charge in [-0.25, -0.2) is 13.2 Å². The van der Waals surface area contributed by atoms with Crippen molar-refractivity contribution in [1.29, 1.82) is 0 Å². The molecular formula is C18H20N2O6S2. The summed E-state index contributed by atoms with van der Waals surface area (Å²) in [6, 6.07) is 9.40. The maximum atomic E-state index is 12.3. The van der Waals surface area contributed by atoms with Crippen LogP contribution in [0.3, 0.4) is 0 Å². The van der Waals surface area contributed by atoms with Gasteiger partial charge in [0.1, 0.15) is 0 Å². The first-order valence-electron chi connectivity index (χ1n) is 8.26. The number of ketones is 1. The van der Waals surface area contributed by atoms with Gasteiger partial charge in [-0.3, -0.25) is 14.3 Å². The van der Waals surface area contributed by atoms with Crippen LogP contribution in [0.5, 0.6) is 0 Å². The summed E-state index contributed by atoms with van der Waals surface area (Å²) in [6.07, 6.45) is 1.57. The molecule has 0 spiro atoms. The normalized spacial score (nSPS) is 10.9. The number of sulfonamides is 1. The molecule has 0 saturated carbocycles. The number of benzene rings is 1. The summed E-state index contributed by atoms with van der Waals surface area (Å²) in [5, 5.41) is 2.68. The summed E-state index contributed by atoms with van der Waals surface area (Å²) >= 11 is 1.27. The second-order valence-corrected chi connectivity index (χ2v) is 8.83.